The first-order valence-corrected chi connectivity index (χ1v) is 17.5. The van der Waals surface area contributed by atoms with Crippen LogP contribution in [0.2, 0.25) is 0 Å². The Bertz CT molecular complexity index is 1280. The monoisotopic (exact) mass is 670 g/mol. The second-order valence-electron chi connectivity index (χ2n) is 15.7. The van der Waals surface area contributed by atoms with Gasteiger partial charge in [0, 0.05) is 53.2 Å². The van der Waals surface area contributed by atoms with Crippen LogP contribution in [-0.4, -0.2) is 69.0 Å². The maximum absolute atomic E-state index is 13.7. The summed E-state index contributed by atoms with van der Waals surface area (Å²) < 4.78 is 5.40. The minimum Gasteiger partial charge on any atom is -0.507 e. The molecule has 1 aromatic rings. The fourth-order valence-electron chi connectivity index (χ4n) is 6.78. The molecule has 0 bridgehead atoms. The molecule has 0 radical (unpaired) electrons. The normalized spacial score (nSPS) is 16.2. The molecule has 1 aliphatic heterocycles. The van der Waals surface area contributed by atoms with Crippen molar-refractivity contribution in [3.8, 4) is 5.75 Å². The van der Waals surface area contributed by atoms with E-state index in [0.717, 1.165) is 25.7 Å². The van der Waals surface area contributed by atoms with Crippen LogP contribution >= 0.6 is 0 Å². The minimum atomic E-state index is -0.580. The Morgan fingerprint density at radius 1 is 0.958 bits per heavy atom. The third-order valence-electron chi connectivity index (χ3n) is 10.2. The third kappa shape index (κ3) is 9.75. The van der Waals surface area contributed by atoms with Gasteiger partial charge in [-0.3, -0.25) is 30.1 Å². The van der Waals surface area contributed by atoms with E-state index in [4.69, 9.17) is 4.74 Å². The number of nitrogens with zero attached hydrogens (tertiary/aromatic N) is 2. The average molecular weight is 671 g/mol. The number of unbranched alkanes of at least 4 members (excludes halogenated alkanes) is 1. The smallest absolute Gasteiger partial charge is 0.410 e. The maximum atomic E-state index is 13.7. The molecule has 4 amide bonds. The summed E-state index contributed by atoms with van der Waals surface area (Å²) in [4.78, 5) is 56.5. The molecule has 10 heteroatoms. The second-order valence-corrected chi connectivity index (χ2v) is 15.7. The molecule has 0 aliphatic carbocycles. The van der Waals surface area contributed by atoms with E-state index in [1.54, 1.807) is 23.1 Å². The predicted molar refractivity (Wildman–Crippen MR) is 191 cm³/mol. The van der Waals surface area contributed by atoms with Crippen molar-refractivity contribution in [2.45, 2.75) is 155 Å². The molecule has 3 N–H and O–H groups in total. The van der Waals surface area contributed by atoms with Crippen LogP contribution in [0.3, 0.4) is 0 Å². The number of benzene rings is 1. The van der Waals surface area contributed by atoms with E-state index in [1.807, 2.05) is 74.1 Å². The Morgan fingerprint density at radius 3 is 1.94 bits per heavy atom. The number of hydrogen-bond donors (Lipinski definition) is 3. The molecule has 1 heterocycles. The highest BCUT2D eigenvalue weighted by Crippen LogP contribution is 2.43. The standard InChI is InChI=1S/C38H62N4O6/c1-13-17-20-41(27-24-37(9,10)42(38(11,12)25-27)34(47)48-21-14-2)31(44)19-18-30(43)39-40-33(46)26-22-28(35(5,6)15-3)32(45)29(23-26)36(7,8)16-4/h14,22-23,27,45H,2,13,15-21,24-25H2,1,3-12H3,(H,39,43)(H,40,46). The van der Waals surface area contributed by atoms with Crippen LogP contribution in [0.15, 0.2) is 24.8 Å². The van der Waals surface area contributed by atoms with Gasteiger partial charge in [0.2, 0.25) is 11.8 Å². The Balaban J connectivity index is 2.17. The van der Waals surface area contributed by atoms with Gasteiger partial charge in [0.25, 0.3) is 5.91 Å². The van der Waals surface area contributed by atoms with Crippen molar-refractivity contribution in [3.63, 3.8) is 0 Å². The van der Waals surface area contributed by atoms with Gasteiger partial charge in [0.1, 0.15) is 12.4 Å². The lowest BCUT2D eigenvalue weighted by molar-refractivity contribution is -0.139. The van der Waals surface area contributed by atoms with Crippen LogP contribution in [0.4, 0.5) is 4.79 Å². The second kappa shape index (κ2) is 16.2. The van der Waals surface area contributed by atoms with Gasteiger partial charge < -0.3 is 14.7 Å². The van der Waals surface area contributed by atoms with Crippen LogP contribution in [-0.2, 0) is 25.2 Å². The summed E-state index contributed by atoms with van der Waals surface area (Å²) in [6.07, 6.45) is 5.39. The molecule has 1 fully saturated rings. The van der Waals surface area contributed by atoms with Gasteiger partial charge in [-0.25, -0.2) is 4.79 Å². The number of carbonyl (C=O) groups is 4. The number of hydrazine groups is 1. The number of amides is 4. The van der Waals surface area contributed by atoms with Crippen LogP contribution in [0.25, 0.3) is 0 Å². The zero-order valence-corrected chi connectivity index (χ0v) is 31.5. The summed E-state index contributed by atoms with van der Waals surface area (Å²) in [5.41, 5.74) is 4.80. The fourth-order valence-corrected chi connectivity index (χ4v) is 6.78. The maximum Gasteiger partial charge on any atom is 0.410 e. The van der Waals surface area contributed by atoms with Crippen molar-refractivity contribution in [3.05, 3.63) is 41.5 Å². The number of nitrogens with one attached hydrogen (secondary N) is 2. The Morgan fingerprint density at radius 2 is 1.48 bits per heavy atom. The number of rotatable bonds is 14. The van der Waals surface area contributed by atoms with Crippen molar-refractivity contribution in [1.82, 2.24) is 20.7 Å². The van der Waals surface area contributed by atoms with E-state index in [0.29, 0.717) is 36.1 Å². The molecule has 0 aromatic heterocycles. The number of phenols is 1. The predicted octanol–water partition coefficient (Wildman–Crippen LogP) is 7.28. The number of piperidine rings is 1. The first-order chi connectivity index (χ1) is 22.2. The van der Waals surface area contributed by atoms with E-state index < -0.39 is 29.0 Å². The summed E-state index contributed by atoms with van der Waals surface area (Å²) in [6.45, 7) is 26.5. The van der Waals surface area contributed by atoms with Crippen molar-refractivity contribution < 1.29 is 29.0 Å². The summed E-state index contributed by atoms with van der Waals surface area (Å²) in [7, 11) is 0. The van der Waals surface area contributed by atoms with Crippen molar-refractivity contribution >= 4 is 23.8 Å². The van der Waals surface area contributed by atoms with Crippen LogP contribution in [0.5, 0.6) is 5.75 Å². The Kier molecular flexibility index (Phi) is 13.7. The molecule has 0 atom stereocenters. The van der Waals surface area contributed by atoms with E-state index in [9.17, 15) is 24.3 Å². The van der Waals surface area contributed by atoms with E-state index in [1.165, 1.54) is 0 Å². The molecule has 1 saturated heterocycles. The molecular formula is C38H62N4O6. The van der Waals surface area contributed by atoms with Crippen molar-refractivity contribution in [2.75, 3.05) is 13.2 Å². The van der Waals surface area contributed by atoms with E-state index >= 15 is 0 Å². The van der Waals surface area contributed by atoms with Gasteiger partial charge in [0.15, 0.2) is 0 Å². The number of aromatic hydroxyl groups is 1. The van der Waals surface area contributed by atoms with E-state index in [2.05, 4.69) is 24.4 Å². The van der Waals surface area contributed by atoms with Crippen LogP contribution in [0.1, 0.15) is 149 Å². The summed E-state index contributed by atoms with van der Waals surface area (Å²) in [6, 6.07) is 3.26. The number of hydrogen-bond acceptors (Lipinski definition) is 6. The summed E-state index contributed by atoms with van der Waals surface area (Å²) in [5, 5.41) is 11.2. The Labute approximate surface area is 289 Å². The van der Waals surface area contributed by atoms with Crippen molar-refractivity contribution in [1.29, 1.82) is 0 Å². The molecule has 0 unspecified atom stereocenters. The van der Waals surface area contributed by atoms with Crippen LogP contribution in [0, 0.1) is 0 Å². The topological polar surface area (TPSA) is 128 Å². The molecule has 1 aliphatic rings. The molecule has 0 spiro atoms. The fraction of sp³-hybridized carbons (Fsp3) is 0.684. The SMILES string of the molecule is C=CCOC(=O)N1C(C)(C)CC(N(CCCC)C(=O)CCC(=O)NNC(=O)c2cc(C(C)(C)CC)c(O)c(C(C)(C)CC)c2)CC1(C)C. The third-order valence-corrected chi connectivity index (χ3v) is 10.2. The minimum absolute atomic E-state index is 0.0171. The zero-order chi connectivity index (χ0) is 36.7. The molecule has 270 valence electrons. The molecule has 48 heavy (non-hydrogen) atoms. The van der Waals surface area contributed by atoms with Gasteiger partial charge in [-0.05, 0) is 82.8 Å². The van der Waals surface area contributed by atoms with Gasteiger partial charge in [-0.15, -0.1) is 0 Å². The molecule has 1 aromatic carbocycles. The number of ether oxygens (including phenoxy) is 1. The average Bonchev–Trinajstić information content (AvgIpc) is 3.00. The highest BCUT2D eigenvalue weighted by molar-refractivity contribution is 5.96. The lowest BCUT2D eigenvalue weighted by Crippen LogP contribution is -2.66. The zero-order valence-electron chi connectivity index (χ0n) is 31.5. The molecule has 2 rings (SSSR count). The molecular weight excluding hydrogens is 608 g/mol. The Hall–Kier alpha value is -3.56. The number of phenolic OH excluding ortho intramolecular Hbond substituents is 1. The highest BCUT2D eigenvalue weighted by atomic mass is 16.6. The van der Waals surface area contributed by atoms with Gasteiger partial charge in [0.05, 0.1) is 0 Å². The van der Waals surface area contributed by atoms with Gasteiger partial charge >= 0.3 is 6.09 Å². The summed E-state index contributed by atoms with van der Waals surface area (Å²) >= 11 is 0. The molecule has 10 nitrogen and oxygen atoms in total. The lowest BCUT2D eigenvalue weighted by atomic mass is 9.74. The largest absolute Gasteiger partial charge is 0.507 e. The first kappa shape index (κ1) is 40.6. The number of carbonyl (C=O) groups excluding carboxylic acids is 4. The first-order valence-electron chi connectivity index (χ1n) is 17.5. The molecule has 0 saturated carbocycles. The summed E-state index contributed by atoms with van der Waals surface area (Å²) in [5.74, 6) is -0.913. The highest BCUT2D eigenvalue weighted by Gasteiger charge is 2.50. The van der Waals surface area contributed by atoms with Gasteiger partial charge in [-0.2, -0.15) is 0 Å². The van der Waals surface area contributed by atoms with Crippen molar-refractivity contribution in [2.24, 2.45) is 0 Å². The quantitative estimate of drug-likeness (QED) is 0.141. The lowest BCUT2D eigenvalue weighted by Gasteiger charge is -2.56. The van der Waals surface area contributed by atoms with Gasteiger partial charge in [-0.1, -0.05) is 67.5 Å². The van der Waals surface area contributed by atoms with E-state index in [-0.39, 0.29) is 48.0 Å². The van der Waals surface area contributed by atoms with Crippen LogP contribution < -0.4 is 10.9 Å². The number of likely N-dealkylation sites (tertiary alicyclic amines) is 1.